The third-order valence-corrected chi connectivity index (χ3v) is 6.84. The number of ether oxygens (including phenoxy) is 1. The highest BCUT2D eigenvalue weighted by atomic mass is 79.9. The molecule has 0 spiro atoms. The number of amides is 1. The van der Waals surface area contributed by atoms with Crippen molar-refractivity contribution < 1.29 is 34.2 Å². The first-order valence-electron chi connectivity index (χ1n) is 9.81. The number of phenols is 1. The smallest absolute Gasteiger partial charge is 0.335 e. The Balaban J connectivity index is 1.80. The fraction of sp³-hybridized carbons (Fsp3) is 0.130. The van der Waals surface area contributed by atoms with Crippen molar-refractivity contribution in [3.05, 3.63) is 85.8 Å². The number of benzene rings is 3. The van der Waals surface area contributed by atoms with Gasteiger partial charge >= 0.3 is 5.97 Å². The lowest BCUT2D eigenvalue weighted by Gasteiger charge is -2.19. The second-order valence-electron chi connectivity index (χ2n) is 7.50. The minimum absolute atomic E-state index is 0.0337. The molecule has 0 bridgehead atoms. The number of aromatic hydroxyl groups is 1. The summed E-state index contributed by atoms with van der Waals surface area (Å²) in [4.78, 5) is 23.8. The minimum Gasteiger partial charge on any atom is -0.507 e. The van der Waals surface area contributed by atoms with Crippen LogP contribution in [0.5, 0.6) is 17.2 Å². The molecular formula is C23H20Br2NO7P. The van der Waals surface area contributed by atoms with Crippen LogP contribution in [0.25, 0.3) is 0 Å². The van der Waals surface area contributed by atoms with Gasteiger partial charge in [-0.25, -0.2) is 4.79 Å². The summed E-state index contributed by atoms with van der Waals surface area (Å²) in [6.07, 6.45) is 0. The summed E-state index contributed by atoms with van der Waals surface area (Å²) < 4.78 is 18.2. The zero-order chi connectivity index (χ0) is 25.0. The highest BCUT2D eigenvalue weighted by molar-refractivity contribution is 9.11. The number of carbonyl (C=O) groups is 2. The van der Waals surface area contributed by atoms with E-state index in [2.05, 4.69) is 37.2 Å². The number of halogens is 2. The molecule has 4 N–H and O–H groups in total. The number of carboxylic acids is 1. The molecule has 178 valence electrons. The van der Waals surface area contributed by atoms with Crippen molar-refractivity contribution in [3.63, 3.8) is 0 Å². The fourth-order valence-electron chi connectivity index (χ4n) is 2.99. The second kappa shape index (κ2) is 10.7. The zero-order valence-corrected chi connectivity index (χ0v) is 22.0. The van der Waals surface area contributed by atoms with Crippen LogP contribution in [0.1, 0.15) is 38.8 Å². The number of phenolic OH excluding ortho intramolecular Hbond substituents is 1. The van der Waals surface area contributed by atoms with E-state index in [0.29, 0.717) is 25.8 Å². The lowest BCUT2D eigenvalue weighted by atomic mass is 10.1. The Morgan fingerprint density at radius 2 is 1.76 bits per heavy atom. The van der Waals surface area contributed by atoms with Crippen LogP contribution in [-0.4, -0.2) is 27.2 Å². The highest BCUT2D eigenvalue weighted by Gasteiger charge is 2.24. The van der Waals surface area contributed by atoms with Gasteiger partial charge in [-0.2, -0.15) is 0 Å². The lowest BCUT2D eigenvalue weighted by Crippen LogP contribution is -2.23. The summed E-state index contributed by atoms with van der Waals surface area (Å²) >= 11 is 6.75. The number of aromatic carboxylic acids is 1. The van der Waals surface area contributed by atoms with E-state index in [0.717, 1.165) is 0 Å². The van der Waals surface area contributed by atoms with Crippen LogP contribution in [0.15, 0.2) is 63.5 Å². The number of aliphatic hydroxyl groups is 1. The summed E-state index contributed by atoms with van der Waals surface area (Å²) in [7, 11) is -1.48. The Labute approximate surface area is 213 Å². The molecule has 3 aromatic carbocycles. The van der Waals surface area contributed by atoms with Gasteiger partial charge in [-0.15, -0.1) is 0 Å². The molecule has 2 atom stereocenters. The van der Waals surface area contributed by atoms with E-state index in [4.69, 9.17) is 9.84 Å². The summed E-state index contributed by atoms with van der Waals surface area (Å²) in [5.74, 6) is -1.30. The maximum Gasteiger partial charge on any atom is 0.335 e. The van der Waals surface area contributed by atoms with Gasteiger partial charge in [0.2, 0.25) is 0 Å². The summed E-state index contributed by atoms with van der Waals surface area (Å²) in [6, 6.07) is 13.5. The third kappa shape index (κ3) is 6.07. The molecule has 34 heavy (non-hydrogen) atoms. The molecule has 0 saturated heterocycles. The first-order chi connectivity index (χ1) is 16.0. The van der Waals surface area contributed by atoms with Crippen LogP contribution < -0.4 is 10.1 Å². The highest BCUT2D eigenvalue weighted by Crippen LogP contribution is 2.42. The maximum absolute atomic E-state index is 12.7. The average Bonchev–Trinajstić information content (AvgIpc) is 2.80. The van der Waals surface area contributed by atoms with Gasteiger partial charge in [0.1, 0.15) is 16.8 Å². The Hall–Kier alpha value is -2.65. The third-order valence-electron chi connectivity index (χ3n) is 4.87. The number of nitrogens with one attached hydrogen (secondary N) is 1. The van der Waals surface area contributed by atoms with Crippen LogP contribution in [-0.2, 0) is 16.5 Å². The van der Waals surface area contributed by atoms with Crippen LogP contribution >= 0.6 is 40.3 Å². The van der Waals surface area contributed by atoms with Gasteiger partial charge in [-0.05, 0) is 92.4 Å². The van der Waals surface area contributed by atoms with Gasteiger partial charge in [0.15, 0.2) is 5.75 Å². The standard InChI is InChI=1S/C23H20Br2NO7P/c1-23(31,34-32)14-8-17(24)20(18(25)9-14)33-15-5-6-19(27)16(10-15)21(28)26-11-12-3-2-4-13(7-12)22(29)30/h2-10,27,31H,11,34H2,1H3,(H,26,28)(H,29,30). The molecule has 0 aliphatic heterocycles. The van der Waals surface area contributed by atoms with Crippen molar-refractivity contribution in [1.82, 2.24) is 5.32 Å². The molecule has 8 nitrogen and oxygen atoms in total. The first kappa shape index (κ1) is 26.0. The quantitative estimate of drug-likeness (QED) is 0.255. The predicted molar refractivity (Wildman–Crippen MR) is 135 cm³/mol. The van der Waals surface area contributed by atoms with Gasteiger partial charge in [0.25, 0.3) is 5.91 Å². The SMILES string of the molecule is CC(O)([PH2]=O)c1cc(Br)c(Oc2ccc(O)c(C(=O)NCc3cccc(C(=O)O)c3)c2)c(Br)c1. The number of carbonyl (C=O) groups excluding carboxylic acids is 1. The van der Waals surface area contributed by atoms with E-state index in [-0.39, 0.29) is 29.2 Å². The molecule has 0 heterocycles. The van der Waals surface area contributed by atoms with Crippen LogP contribution in [0.2, 0.25) is 0 Å². The summed E-state index contributed by atoms with van der Waals surface area (Å²) in [6.45, 7) is 1.51. The second-order valence-corrected chi connectivity index (χ2v) is 10.6. The summed E-state index contributed by atoms with van der Waals surface area (Å²) in [5, 5.41) is 30.7. The van der Waals surface area contributed by atoms with Crippen molar-refractivity contribution in [2.24, 2.45) is 0 Å². The largest absolute Gasteiger partial charge is 0.507 e. The van der Waals surface area contributed by atoms with E-state index in [9.17, 15) is 24.4 Å². The van der Waals surface area contributed by atoms with E-state index >= 15 is 0 Å². The molecule has 0 fully saturated rings. The van der Waals surface area contributed by atoms with E-state index in [1.54, 1.807) is 24.3 Å². The molecule has 0 aromatic heterocycles. The Kier molecular flexibility index (Phi) is 8.20. The number of rotatable bonds is 8. The molecule has 0 saturated carbocycles. The maximum atomic E-state index is 12.7. The molecule has 0 radical (unpaired) electrons. The van der Waals surface area contributed by atoms with E-state index in [1.165, 1.54) is 37.3 Å². The van der Waals surface area contributed by atoms with Crippen molar-refractivity contribution in [2.45, 2.75) is 18.8 Å². The number of hydrogen-bond donors (Lipinski definition) is 4. The van der Waals surface area contributed by atoms with Gasteiger partial charge in [-0.1, -0.05) is 12.1 Å². The average molecular weight is 613 g/mol. The Morgan fingerprint density at radius 3 is 2.38 bits per heavy atom. The van der Waals surface area contributed by atoms with Gasteiger partial charge in [-0.3, -0.25) is 4.79 Å². The van der Waals surface area contributed by atoms with Crippen molar-refractivity contribution in [1.29, 1.82) is 0 Å². The van der Waals surface area contributed by atoms with Crippen LogP contribution in [0.4, 0.5) is 0 Å². The lowest BCUT2D eigenvalue weighted by molar-refractivity contribution is 0.0696. The monoisotopic (exact) mass is 611 g/mol. The normalized spacial score (nSPS) is 12.9. The number of hydrogen-bond acceptors (Lipinski definition) is 6. The minimum atomic E-state index is -1.48. The van der Waals surface area contributed by atoms with Crippen LogP contribution in [0.3, 0.4) is 0 Å². The molecule has 2 unspecified atom stereocenters. The van der Waals surface area contributed by atoms with Gasteiger partial charge < -0.3 is 29.9 Å². The predicted octanol–water partition coefficient (Wildman–Crippen LogP) is 5.26. The fourth-order valence-corrected chi connectivity index (χ4v) is 4.64. The molecular weight excluding hydrogens is 593 g/mol. The molecule has 3 aromatic rings. The molecule has 0 aliphatic carbocycles. The van der Waals surface area contributed by atoms with E-state index in [1.807, 2.05) is 0 Å². The molecule has 11 heteroatoms. The first-order valence-corrected chi connectivity index (χ1v) is 12.4. The number of carboxylic acid groups (broad SMARTS) is 1. The van der Waals surface area contributed by atoms with Gasteiger partial charge in [0.05, 0.1) is 28.5 Å². The molecule has 3 rings (SSSR count). The van der Waals surface area contributed by atoms with Gasteiger partial charge in [0, 0.05) is 6.54 Å². The Bertz CT molecular complexity index is 1260. The van der Waals surface area contributed by atoms with Crippen LogP contribution in [0, 0.1) is 0 Å². The topological polar surface area (TPSA) is 133 Å². The Morgan fingerprint density at radius 1 is 1.09 bits per heavy atom. The summed E-state index contributed by atoms with van der Waals surface area (Å²) in [5.41, 5.74) is 1.09. The van der Waals surface area contributed by atoms with Crippen molar-refractivity contribution in [2.75, 3.05) is 0 Å². The molecule has 1 amide bonds. The zero-order valence-electron chi connectivity index (χ0n) is 17.7. The van der Waals surface area contributed by atoms with Crippen molar-refractivity contribution >= 4 is 52.2 Å². The molecule has 0 aliphatic rings. The van der Waals surface area contributed by atoms with Crippen molar-refractivity contribution in [3.8, 4) is 17.2 Å². The van der Waals surface area contributed by atoms with E-state index < -0.39 is 25.7 Å².